The Morgan fingerprint density at radius 3 is 3.14 bits per heavy atom. The third kappa shape index (κ3) is 1.89. The van der Waals surface area contributed by atoms with Gasteiger partial charge in [-0.3, -0.25) is 0 Å². The Balaban J connectivity index is 2.12. The molecule has 0 bridgehead atoms. The highest BCUT2D eigenvalue weighted by atomic mass is 17.2. The van der Waals surface area contributed by atoms with Gasteiger partial charge in [0.15, 0.2) is 5.75 Å². The topological polar surface area (TPSA) is 30.5 Å². The van der Waals surface area contributed by atoms with E-state index in [1.54, 1.807) is 0 Å². The van der Waals surface area contributed by atoms with Crippen LogP contribution in [0.15, 0.2) is 18.2 Å². The number of nitrogens with one attached hydrogen (secondary N) is 1. The van der Waals surface area contributed by atoms with Gasteiger partial charge < -0.3 is 10.2 Å². The first-order chi connectivity index (χ1) is 6.79. The molecule has 0 amide bonds. The molecule has 1 heterocycles. The molecule has 0 aromatic heterocycles. The van der Waals surface area contributed by atoms with Crippen LogP contribution in [0.4, 0.5) is 0 Å². The number of hydrogen-bond acceptors (Lipinski definition) is 3. The summed E-state index contributed by atoms with van der Waals surface area (Å²) in [4.78, 5) is 9.92. The van der Waals surface area contributed by atoms with E-state index in [1.165, 1.54) is 5.56 Å². The maximum absolute atomic E-state index is 5.03. The zero-order valence-electron chi connectivity index (χ0n) is 8.54. The molecule has 0 fully saturated rings. The molecule has 1 aliphatic rings. The molecule has 0 radical (unpaired) electrons. The molecular formula is C11H15NO2. The van der Waals surface area contributed by atoms with Crippen molar-refractivity contribution in [2.24, 2.45) is 0 Å². The Morgan fingerprint density at radius 1 is 1.50 bits per heavy atom. The van der Waals surface area contributed by atoms with Gasteiger partial charge in [-0.1, -0.05) is 12.1 Å². The number of likely N-dealkylation sites (N-methyl/N-ethyl adjacent to an activating group) is 1. The Labute approximate surface area is 84.0 Å². The van der Waals surface area contributed by atoms with Crippen molar-refractivity contribution in [3.8, 4) is 5.75 Å². The number of rotatable bonds is 3. The zero-order valence-corrected chi connectivity index (χ0v) is 8.54. The molecular weight excluding hydrogens is 178 g/mol. The van der Waals surface area contributed by atoms with Gasteiger partial charge in [-0.05, 0) is 32.0 Å². The molecule has 1 aromatic rings. The van der Waals surface area contributed by atoms with Crippen LogP contribution in [-0.2, 0) is 17.9 Å². The quantitative estimate of drug-likeness (QED) is 0.740. The van der Waals surface area contributed by atoms with Crippen LogP contribution in [0.5, 0.6) is 5.75 Å². The van der Waals surface area contributed by atoms with Crippen molar-refractivity contribution in [3.05, 3.63) is 29.3 Å². The van der Waals surface area contributed by atoms with Gasteiger partial charge in [0.2, 0.25) is 0 Å². The molecule has 0 saturated carbocycles. The van der Waals surface area contributed by atoms with E-state index in [-0.39, 0.29) is 0 Å². The van der Waals surface area contributed by atoms with Crippen LogP contribution in [0.25, 0.3) is 0 Å². The summed E-state index contributed by atoms with van der Waals surface area (Å²) in [6.45, 7) is 2.72. The lowest BCUT2D eigenvalue weighted by atomic mass is 10.0. The smallest absolute Gasteiger partial charge is 0.171 e. The standard InChI is InChI=1S/C11H15NO2/c1-8(12-2)5-9-3-4-10-7-13-14-11(10)6-9/h3-4,6,8,12H,5,7H2,1-2H3. The average Bonchev–Trinajstić information content (AvgIpc) is 2.64. The molecule has 0 saturated heterocycles. The minimum absolute atomic E-state index is 0.482. The first-order valence-corrected chi connectivity index (χ1v) is 4.88. The first-order valence-electron chi connectivity index (χ1n) is 4.88. The lowest BCUT2D eigenvalue weighted by Crippen LogP contribution is -2.23. The second kappa shape index (κ2) is 3.98. The summed E-state index contributed by atoms with van der Waals surface area (Å²) in [5.74, 6) is 0.866. The normalized spacial score (nSPS) is 16.1. The van der Waals surface area contributed by atoms with E-state index < -0.39 is 0 Å². The molecule has 14 heavy (non-hydrogen) atoms. The predicted molar refractivity (Wildman–Crippen MR) is 54.1 cm³/mol. The van der Waals surface area contributed by atoms with Gasteiger partial charge >= 0.3 is 0 Å². The van der Waals surface area contributed by atoms with Crippen LogP contribution in [0.1, 0.15) is 18.1 Å². The summed E-state index contributed by atoms with van der Waals surface area (Å²) in [7, 11) is 1.97. The lowest BCUT2D eigenvalue weighted by Gasteiger charge is -2.09. The fourth-order valence-corrected chi connectivity index (χ4v) is 1.53. The SMILES string of the molecule is CNC(C)Cc1ccc2c(c1)OOC2. The monoisotopic (exact) mass is 193 g/mol. The van der Waals surface area contributed by atoms with Gasteiger partial charge in [0.05, 0.1) is 0 Å². The van der Waals surface area contributed by atoms with Gasteiger partial charge in [-0.15, -0.1) is 0 Å². The third-order valence-corrected chi connectivity index (χ3v) is 2.53. The molecule has 1 aliphatic heterocycles. The van der Waals surface area contributed by atoms with Crippen LogP contribution in [0, 0.1) is 0 Å². The fourth-order valence-electron chi connectivity index (χ4n) is 1.53. The van der Waals surface area contributed by atoms with Crippen molar-refractivity contribution in [1.29, 1.82) is 0 Å². The van der Waals surface area contributed by atoms with Gasteiger partial charge in [0.25, 0.3) is 0 Å². The Hall–Kier alpha value is -1.06. The largest absolute Gasteiger partial charge is 0.337 e. The molecule has 1 atom stereocenters. The number of fused-ring (bicyclic) bond motifs is 1. The van der Waals surface area contributed by atoms with Crippen LogP contribution in [0.3, 0.4) is 0 Å². The number of hydrogen-bond donors (Lipinski definition) is 1. The van der Waals surface area contributed by atoms with Crippen LogP contribution < -0.4 is 10.2 Å². The second-order valence-corrected chi connectivity index (χ2v) is 3.68. The molecule has 1 N–H and O–H groups in total. The molecule has 2 rings (SSSR count). The summed E-state index contributed by atoms with van der Waals surface area (Å²) in [5.41, 5.74) is 2.40. The molecule has 1 unspecified atom stereocenters. The summed E-state index contributed by atoms with van der Waals surface area (Å²) < 4.78 is 0. The van der Waals surface area contributed by atoms with E-state index >= 15 is 0 Å². The highest BCUT2D eigenvalue weighted by Gasteiger charge is 2.14. The molecule has 1 aromatic carbocycles. The highest BCUT2D eigenvalue weighted by molar-refractivity contribution is 5.38. The summed E-state index contributed by atoms with van der Waals surface area (Å²) in [6, 6.07) is 6.73. The van der Waals surface area contributed by atoms with E-state index in [0.717, 1.165) is 17.7 Å². The van der Waals surface area contributed by atoms with E-state index in [2.05, 4.69) is 30.4 Å². The Bertz CT molecular complexity index is 325. The highest BCUT2D eigenvalue weighted by Crippen LogP contribution is 2.27. The maximum Gasteiger partial charge on any atom is 0.171 e. The van der Waals surface area contributed by atoms with Crippen molar-refractivity contribution < 1.29 is 9.78 Å². The molecule has 3 heteroatoms. The van der Waals surface area contributed by atoms with Crippen molar-refractivity contribution in [1.82, 2.24) is 5.32 Å². The van der Waals surface area contributed by atoms with Gasteiger partial charge in [-0.25, -0.2) is 0 Å². The van der Waals surface area contributed by atoms with E-state index in [4.69, 9.17) is 9.78 Å². The zero-order chi connectivity index (χ0) is 9.97. The Morgan fingerprint density at radius 2 is 2.36 bits per heavy atom. The van der Waals surface area contributed by atoms with Crippen LogP contribution >= 0.6 is 0 Å². The maximum atomic E-state index is 5.03. The van der Waals surface area contributed by atoms with E-state index in [1.807, 2.05) is 7.05 Å². The lowest BCUT2D eigenvalue weighted by molar-refractivity contribution is -0.194. The molecule has 0 aliphatic carbocycles. The summed E-state index contributed by atoms with van der Waals surface area (Å²) in [5, 5.41) is 3.21. The van der Waals surface area contributed by atoms with Gasteiger partial charge in [0.1, 0.15) is 6.61 Å². The van der Waals surface area contributed by atoms with Crippen LogP contribution in [-0.4, -0.2) is 13.1 Å². The predicted octanol–water partition coefficient (Wildman–Crippen LogP) is 1.66. The molecule has 76 valence electrons. The van der Waals surface area contributed by atoms with Crippen molar-refractivity contribution in [3.63, 3.8) is 0 Å². The Kier molecular flexibility index (Phi) is 2.70. The average molecular weight is 193 g/mol. The third-order valence-electron chi connectivity index (χ3n) is 2.53. The second-order valence-electron chi connectivity index (χ2n) is 3.68. The van der Waals surface area contributed by atoms with Crippen LogP contribution in [0.2, 0.25) is 0 Å². The van der Waals surface area contributed by atoms with E-state index in [0.29, 0.717) is 12.6 Å². The van der Waals surface area contributed by atoms with E-state index in [9.17, 15) is 0 Å². The van der Waals surface area contributed by atoms with Gasteiger partial charge in [-0.2, -0.15) is 4.89 Å². The summed E-state index contributed by atoms with van der Waals surface area (Å²) >= 11 is 0. The van der Waals surface area contributed by atoms with Crippen molar-refractivity contribution in [2.45, 2.75) is 26.0 Å². The van der Waals surface area contributed by atoms with Crippen molar-refractivity contribution in [2.75, 3.05) is 7.05 Å². The fraction of sp³-hybridized carbons (Fsp3) is 0.455. The summed E-state index contributed by atoms with van der Waals surface area (Å²) in [6.07, 6.45) is 1.01. The molecule has 3 nitrogen and oxygen atoms in total. The molecule has 0 spiro atoms. The van der Waals surface area contributed by atoms with Gasteiger partial charge in [0, 0.05) is 11.6 Å². The number of benzene rings is 1. The first kappa shape index (κ1) is 9.49. The minimum Gasteiger partial charge on any atom is -0.337 e. The minimum atomic E-state index is 0.482. The van der Waals surface area contributed by atoms with Crippen molar-refractivity contribution >= 4 is 0 Å².